The average molecular weight is 221 g/mol. The van der Waals surface area contributed by atoms with Gasteiger partial charge in [-0.1, -0.05) is 38.1 Å². The zero-order valence-corrected chi connectivity index (χ0v) is 10.2. The van der Waals surface area contributed by atoms with Gasteiger partial charge in [0.05, 0.1) is 0 Å². The largest absolute Gasteiger partial charge is 0.480 e. The molecule has 2 N–H and O–H groups in total. The first-order valence-corrected chi connectivity index (χ1v) is 5.37. The maximum absolute atomic E-state index is 11.2. The predicted octanol–water partition coefficient (Wildman–Crippen LogP) is 1.95. The highest BCUT2D eigenvalue weighted by Crippen LogP contribution is 2.29. The lowest BCUT2D eigenvalue weighted by Gasteiger charge is -2.33. The highest BCUT2D eigenvalue weighted by atomic mass is 16.4. The molecule has 0 amide bonds. The molecule has 0 radical (unpaired) electrons. The van der Waals surface area contributed by atoms with Crippen molar-refractivity contribution < 1.29 is 9.90 Å². The summed E-state index contributed by atoms with van der Waals surface area (Å²) in [5.41, 5.74) is 1.75. The van der Waals surface area contributed by atoms with Crippen LogP contribution in [0.1, 0.15) is 25.0 Å². The van der Waals surface area contributed by atoms with E-state index in [1.54, 1.807) is 7.05 Å². The Labute approximate surface area is 96.5 Å². The van der Waals surface area contributed by atoms with Crippen LogP contribution in [0.25, 0.3) is 0 Å². The number of aliphatic carboxylic acids is 1. The van der Waals surface area contributed by atoms with Gasteiger partial charge in [-0.3, -0.25) is 4.79 Å². The lowest BCUT2D eigenvalue weighted by atomic mass is 9.76. The Hall–Kier alpha value is -1.35. The Bertz CT molecular complexity index is 385. The molecule has 1 atom stereocenters. The molecule has 3 nitrogen and oxygen atoms in total. The van der Waals surface area contributed by atoms with E-state index in [1.807, 2.05) is 45.0 Å². The van der Waals surface area contributed by atoms with Gasteiger partial charge in [-0.25, -0.2) is 0 Å². The van der Waals surface area contributed by atoms with Crippen LogP contribution in [-0.4, -0.2) is 24.2 Å². The van der Waals surface area contributed by atoms with Crippen molar-refractivity contribution in [2.45, 2.75) is 32.2 Å². The molecule has 0 aliphatic carbocycles. The standard InChI is InChI=1S/C13H19NO2/c1-9-7-5-6-8-10(9)13(2,3)11(14-4)12(15)16/h5-8,11,14H,1-4H3,(H,15,16). The number of nitrogens with one attached hydrogen (secondary N) is 1. The summed E-state index contributed by atoms with van der Waals surface area (Å²) >= 11 is 0. The van der Waals surface area contributed by atoms with Gasteiger partial charge < -0.3 is 10.4 Å². The van der Waals surface area contributed by atoms with Gasteiger partial charge >= 0.3 is 5.97 Å². The summed E-state index contributed by atoms with van der Waals surface area (Å²) in [6.45, 7) is 5.90. The molecule has 0 saturated carbocycles. The topological polar surface area (TPSA) is 49.3 Å². The molecule has 16 heavy (non-hydrogen) atoms. The third-order valence-electron chi connectivity index (χ3n) is 3.10. The normalized spacial score (nSPS) is 13.5. The maximum Gasteiger partial charge on any atom is 0.321 e. The summed E-state index contributed by atoms with van der Waals surface area (Å²) in [7, 11) is 1.68. The van der Waals surface area contributed by atoms with Crippen molar-refractivity contribution in [1.29, 1.82) is 0 Å². The minimum absolute atomic E-state index is 0.439. The minimum atomic E-state index is -0.823. The maximum atomic E-state index is 11.2. The van der Waals surface area contributed by atoms with Gasteiger partial charge in [-0.2, -0.15) is 0 Å². The monoisotopic (exact) mass is 221 g/mol. The molecule has 0 heterocycles. The second-order valence-electron chi connectivity index (χ2n) is 4.60. The Morgan fingerprint density at radius 3 is 2.38 bits per heavy atom. The minimum Gasteiger partial charge on any atom is -0.480 e. The van der Waals surface area contributed by atoms with Gasteiger partial charge in [0.1, 0.15) is 6.04 Å². The Morgan fingerprint density at radius 2 is 1.94 bits per heavy atom. The molecule has 0 aliphatic rings. The molecule has 0 saturated heterocycles. The zero-order valence-electron chi connectivity index (χ0n) is 10.2. The number of benzene rings is 1. The summed E-state index contributed by atoms with van der Waals surface area (Å²) < 4.78 is 0. The summed E-state index contributed by atoms with van der Waals surface area (Å²) in [5.74, 6) is -0.823. The van der Waals surface area contributed by atoms with E-state index >= 15 is 0 Å². The molecule has 1 rings (SSSR count). The number of rotatable bonds is 4. The van der Waals surface area contributed by atoms with Crippen molar-refractivity contribution in [1.82, 2.24) is 5.32 Å². The van der Waals surface area contributed by atoms with Crippen molar-refractivity contribution in [3.8, 4) is 0 Å². The molecule has 0 aliphatic heterocycles. The van der Waals surface area contributed by atoms with E-state index < -0.39 is 17.4 Å². The van der Waals surface area contributed by atoms with Crippen LogP contribution in [0.3, 0.4) is 0 Å². The highest BCUT2D eigenvalue weighted by Gasteiger charge is 2.36. The first-order chi connectivity index (χ1) is 7.41. The smallest absolute Gasteiger partial charge is 0.321 e. The molecule has 0 aromatic heterocycles. The van der Waals surface area contributed by atoms with Crippen molar-refractivity contribution in [3.63, 3.8) is 0 Å². The number of carboxylic acids is 1. The van der Waals surface area contributed by atoms with Crippen LogP contribution in [0.4, 0.5) is 0 Å². The van der Waals surface area contributed by atoms with Crippen molar-refractivity contribution >= 4 is 5.97 Å². The first kappa shape index (κ1) is 12.7. The third-order valence-corrected chi connectivity index (χ3v) is 3.10. The SMILES string of the molecule is CNC(C(=O)O)C(C)(C)c1ccccc1C. The van der Waals surface area contributed by atoms with Gasteiger partial charge in [-0.05, 0) is 25.1 Å². The van der Waals surface area contributed by atoms with Crippen LogP contribution in [0.2, 0.25) is 0 Å². The highest BCUT2D eigenvalue weighted by molar-refractivity contribution is 5.76. The number of carbonyl (C=O) groups is 1. The zero-order chi connectivity index (χ0) is 12.3. The van der Waals surface area contributed by atoms with E-state index in [4.69, 9.17) is 0 Å². The first-order valence-electron chi connectivity index (χ1n) is 5.37. The van der Waals surface area contributed by atoms with E-state index in [9.17, 15) is 9.90 Å². The van der Waals surface area contributed by atoms with Crippen LogP contribution in [0.15, 0.2) is 24.3 Å². The third kappa shape index (κ3) is 2.25. The molecule has 0 bridgehead atoms. The molecule has 0 fully saturated rings. The second kappa shape index (κ2) is 4.66. The number of carboxylic acid groups (broad SMARTS) is 1. The molecule has 88 valence electrons. The quantitative estimate of drug-likeness (QED) is 0.817. The molecule has 1 aromatic carbocycles. The summed E-state index contributed by atoms with van der Waals surface area (Å²) in [5, 5.41) is 12.1. The van der Waals surface area contributed by atoms with Crippen LogP contribution < -0.4 is 5.32 Å². The van der Waals surface area contributed by atoms with Gasteiger partial charge in [0.2, 0.25) is 0 Å². The van der Waals surface area contributed by atoms with E-state index in [1.165, 1.54) is 0 Å². The fourth-order valence-corrected chi connectivity index (χ4v) is 2.24. The second-order valence-corrected chi connectivity index (χ2v) is 4.60. The molecule has 3 heteroatoms. The number of hydrogen-bond donors (Lipinski definition) is 2. The number of hydrogen-bond acceptors (Lipinski definition) is 2. The van der Waals surface area contributed by atoms with Crippen LogP contribution >= 0.6 is 0 Å². The number of aryl methyl sites for hydroxylation is 1. The molecule has 1 aromatic rings. The van der Waals surface area contributed by atoms with E-state index in [0.717, 1.165) is 11.1 Å². The Kier molecular flexibility index (Phi) is 3.70. The van der Waals surface area contributed by atoms with Crippen LogP contribution in [0.5, 0.6) is 0 Å². The fraction of sp³-hybridized carbons (Fsp3) is 0.462. The summed E-state index contributed by atoms with van der Waals surface area (Å²) in [4.78, 5) is 11.2. The van der Waals surface area contributed by atoms with E-state index in [-0.39, 0.29) is 0 Å². The van der Waals surface area contributed by atoms with Crippen molar-refractivity contribution in [3.05, 3.63) is 35.4 Å². The van der Waals surface area contributed by atoms with Crippen LogP contribution in [0, 0.1) is 6.92 Å². The Morgan fingerprint density at radius 1 is 1.38 bits per heavy atom. The molecule has 0 spiro atoms. The van der Waals surface area contributed by atoms with Gasteiger partial charge in [-0.15, -0.1) is 0 Å². The lowest BCUT2D eigenvalue weighted by molar-refractivity contribution is -0.141. The van der Waals surface area contributed by atoms with E-state index in [2.05, 4.69) is 5.32 Å². The van der Waals surface area contributed by atoms with Gasteiger partial charge in [0.15, 0.2) is 0 Å². The predicted molar refractivity (Wildman–Crippen MR) is 64.7 cm³/mol. The molecule has 1 unspecified atom stereocenters. The average Bonchev–Trinajstić information content (AvgIpc) is 2.17. The summed E-state index contributed by atoms with van der Waals surface area (Å²) in [6.07, 6.45) is 0. The van der Waals surface area contributed by atoms with Gasteiger partial charge in [0, 0.05) is 5.41 Å². The van der Waals surface area contributed by atoms with Crippen molar-refractivity contribution in [2.24, 2.45) is 0 Å². The van der Waals surface area contributed by atoms with Crippen LogP contribution in [-0.2, 0) is 10.2 Å². The Balaban J connectivity index is 3.19. The lowest BCUT2D eigenvalue weighted by Crippen LogP contribution is -2.49. The fourth-order valence-electron chi connectivity index (χ4n) is 2.24. The van der Waals surface area contributed by atoms with Gasteiger partial charge in [0.25, 0.3) is 0 Å². The van der Waals surface area contributed by atoms with E-state index in [0.29, 0.717) is 0 Å². The summed E-state index contributed by atoms with van der Waals surface area (Å²) in [6, 6.07) is 7.31. The van der Waals surface area contributed by atoms with Crippen molar-refractivity contribution in [2.75, 3.05) is 7.05 Å². The molecular weight excluding hydrogens is 202 g/mol. The molecular formula is C13H19NO2. The number of likely N-dealkylation sites (N-methyl/N-ethyl adjacent to an activating group) is 1.